The zero-order valence-electron chi connectivity index (χ0n) is 11.3. The van der Waals surface area contributed by atoms with Crippen molar-refractivity contribution in [3.63, 3.8) is 0 Å². The minimum Gasteiger partial charge on any atom is -0.375 e. The Labute approximate surface area is 109 Å². The molecule has 2 nitrogen and oxygen atoms in total. The smallest absolute Gasteiger partial charge is 0.125 e. The number of benzene rings is 1. The second-order valence-corrected chi connectivity index (χ2v) is 5.28. The molecule has 1 aliphatic rings. The van der Waals surface area contributed by atoms with Gasteiger partial charge in [0, 0.05) is 25.3 Å². The summed E-state index contributed by atoms with van der Waals surface area (Å²) in [5.41, 5.74) is 0.967. The summed E-state index contributed by atoms with van der Waals surface area (Å²) in [5.74, 6) is 0.610. The van der Waals surface area contributed by atoms with E-state index in [-0.39, 0.29) is 5.82 Å². The Morgan fingerprint density at radius 2 is 2.22 bits per heavy atom. The first kappa shape index (κ1) is 13.3. The molecule has 3 heteroatoms. The number of nitrogens with one attached hydrogen (secondary N) is 1. The fourth-order valence-corrected chi connectivity index (χ4v) is 2.96. The van der Waals surface area contributed by atoms with Crippen LogP contribution in [0.3, 0.4) is 0 Å². The van der Waals surface area contributed by atoms with Gasteiger partial charge in [-0.15, -0.1) is 0 Å². The van der Waals surface area contributed by atoms with E-state index < -0.39 is 0 Å². The fourth-order valence-electron chi connectivity index (χ4n) is 2.96. The molecule has 1 aliphatic carbocycles. The molecule has 100 valence electrons. The molecule has 2 unspecified atom stereocenters. The highest BCUT2D eigenvalue weighted by atomic mass is 19.1. The van der Waals surface area contributed by atoms with E-state index in [4.69, 9.17) is 0 Å². The highest BCUT2D eigenvalue weighted by Gasteiger charge is 2.25. The Morgan fingerprint density at radius 1 is 1.39 bits per heavy atom. The summed E-state index contributed by atoms with van der Waals surface area (Å²) in [6, 6.07) is 7.50. The number of nitrogens with zero attached hydrogens (tertiary/aromatic N) is 1. The summed E-state index contributed by atoms with van der Waals surface area (Å²) < 4.78 is 13.1. The topological polar surface area (TPSA) is 15.3 Å². The molecule has 0 bridgehead atoms. The Kier molecular flexibility index (Phi) is 4.59. The maximum absolute atomic E-state index is 13.1. The molecule has 0 saturated heterocycles. The van der Waals surface area contributed by atoms with Gasteiger partial charge < -0.3 is 10.2 Å². The van der Waals surface area contributed by atoms with Crippen molar-refractivity contribution < 1.29 is 4.39 Å². The molecule has 0 heterocycles. The van der Waals surface area contributed by atoms with E-state index in [9.17, 15) is 4.39 Å². The fraction of sp³-hybridized carbons (Fsp3) is 0.600. The van der Waals surface area contributed by atoms with E-state index in [1.807, 2.05) is 13.1 Å². The van der Waals surface area contributed by atoms with Crippen molar-refractivity contribution in [2.24, 2.45) is 5.92 Å². The molecule has 1 aromatic carbocycles. The Bertz CT molecular complexity index is 381. The van der Waals surface area contributed by atoms with Gasteiger partial charge in [-0.05, 0) is 50.4 Å². The molecule has 1 N–H and O–H groups in total. The van der Waals surface area contributed by atoms with Crippen molar-refractivity contribution in [1.82, 2.24) is 5.32 Å². The Morgan fingerprint density at radius 3 is 2.94 bits per heavy atom. The molecule has 18 heavy (non-hydrogen) atoms. The number of hydrogen-bond acceptors (Lipinski definition) is 2. The van der Waals surface area contributed by atoms with E-state index in [1.165, 1.54) is 31.7 Å². The van der Waals surface area contributed by atoms with Crippen molar-refractivity contribution in [3.05, 3.63) is 30.1 Å². The van der Waals surface area contributed by atoms with Gasteiger partial charge in [-0.3, -0.25) is 0 Å². The quantitative estimate of drug-likeness (QED) is 0.864. The molecule has 0 aliphatic heterocycles. The van der Waals surface area contributed by atoms with Crippen LogP contribution in [0.15, 0.2) is 24.3 Å². The molecule has 0 amide bonds. The third-order valence-electron chi connectivity index (χ3n) is 4.11. The average Bonchev–Trinajstić information content (AvgIpc) is 2.83. The first-order chi connectivity index (χ1) is 8.70. The van der Waals surface area contributed by atoms with Gasteiger partial charge in [-0.1, -0.05) is 12.5 Å². The third kappa shape index (κ3) is 3.22. The lowest BCUT2D eigenvalue weighted by Gasteiger charge is -2.24. The van der Waals surface area contributed by atoms with Crippen molar-refractivity contribution >= 4 is 5.69 Å². The molecule has 2 rings (SSSR count). The van der Waals surface area contributed by atoms with E-state index in [0.717, 1.165) is 18.2 Å². The van der Waals surface area contributed by atoms with Crippen molar-refractivity contribution in [2.45, 2.75) is 31.7 Å². The normalized spacial score (nSPS) is 23.3. The van der Waals surface area contributed by atoms with Gasteiger partial charge >= 0.3 is 0 Å². The van der Waals surface area contributed by atoms with Crippen LogP contribution in [0.5, 0.6) is 0 Å². The largest absolute Gasteiger partial charge is 0.375 e. The minimum absolute atomic E-state index is 0.159. The SMILES string of the molecule is CNC1CCCC1CCN(C)c1cccc(F)c1. The number of hydrogen-bond donors (Lipinski definition) is 1. The highest BCUT2D eigenvalue weighted by Crippen LogP contribution is 2.28. The highest BCUT2D eigenvalue weighted by molar-refractivity contribution is 5.45. The van der Waals surface area contributed by atoms with Crippen LogP contribution in [-0.4, -0.2) is 26.7 Å². The van der Waals surface area contributed by atoms with Crippen molar-refractivity contribution in [3.8, 4) is 0 Å². The zero-order valence-corrected chi connectivity index (χ0v) is 11.3. The molecule has 1 aromatic rings. The maximum atomic E-state index is 13.1. The number of rotatable bonds is 5. The molecular formula is C15H23FN2. The summed E-state index contributed by atoms with van der Waals surface area (Å²) in [6.45, 7) is 0.992. The monoisotopic (exact) mass is 250 g/mol. The second-order valence-electron chi connectivity index (χ2n) is 5.28. The molecule has 0 radical (unpaired) electrons. The summed E-state index contributed by atoms with van der Waals surface area (Å²) in [4.78, 5) is 2.15. The summed E-state index contributed by atoms with van der Waals surface area (Å²) in [7, 11) is 4.09. The second kappa shape index (κ2) is 6.19. The van der Waals surface area contributed by atoms with Gasteiger partial charge in [-0.25, -0.2) is 4.39 Å². The molecule has 0 aromatic heterocycles. The van der Waals surface area contributed by atoms with Crippen LogP contribution in [0.1, 0.15) is 25.7 Å². The zero-order chi connectivity index (χ0) is 13.0. The maximum Gasteiger partial charge on any atom is 0.125 e. The van der Waals surface area contributed by atoms with Gasteiger partial charge in [0.1, 0.15) is 5.82 Å². The van der Waals surface area contributed by atoms with E-state index in [2.05, 4.69) is 17.3 Å². The number of halogens is 1. The van der Waals surface area contributed by atoms with Gasteiger partial charge in [0.25, 0.3) is 0 Å². The minimum atomic E-state index is -0.159. The molecule has 1 fully saturated rings. The van der Waals surface area contributed by atoms with Crippen LogP contribution in [0.2, 0.25) is 0 Å². The molecule has 2 atom stereocenters. The Hall–Kier alpha value is -1.09. The average molecular weight is 250 g/mol. The van der Waals surface area contributed by atoms with Crippen LogP contribution in [0, 0.1) is 11.7 Å². The van der Waals surface area contributed by atoms with Crippen LogP contribution in [0.4, 0.5) is 10.1 Å². The Balaban J connectivity index is 1.86. The van der Waals surface area contributed by atoms with Crippen molar-refractivity contribution in [2.75, 3.05) is 25.5 Å². The van der Waals surface area contributed by atoms with Crippen molar-refractivity contribution in [1.29, 1.82) is 0 Å². The molecule has 1 saturated carbocycles. The molecular weight excluding hydrogens is 227 g/mol. The van der Waals surface area contributed by atoms with Gasteiger partial charge in [0.2, 0.25) is 0 Å². The van der Waals surface area contributed by atoms with Gasteiger partial charge in [-0.2, -0.15) is 0 Å². The first-order valence-electron chi connectivity index (χ1n) is 6.84. The third-order valence-corrected chi connectivity index (χ3v) is 4.11. The van der Waals surface area contributed by atoms with Crippen LogP contribution in [-0.2, 0) is 0 Å². The summed E-state index contributed by atoms with van der Waals surface area (Å²) in [6.07, 6.45) is 5.13. The van der Waals surface area contributed by atoms with E-state index in [0.29, 0.717) is 6.04 Å². The summed E-state index contributed by atoms with van der Waals surface area (Å²) in [5, 5.41) is 3.41. The van der Waals surface area contributed by atoms with Crippen LogP contribution >= 0.6 is 0 Å². The van der Waals surface area contributed by atoms with E-state index >= 15 is 0 Å². The van der Waals surface area contributed by atoms with Gasteiger partial charge in [0.15, 0.2) is 0 Å². The first-order valence-corrected chi connectivity index (χ1v) is 6.84. The van der Waals surface area contributed by atoms with E-state index in [1.54, 1.807) is 12.1 Å². The summed E-state index contributed by atoms with van der Waals surface area (Å²) >= 11 is 0. The molecule has 0 spiro atoms. The number of anilines is 1. The predicted molar refractivity (Wildman–Crippen MR) is 74.5 cm³/mol. The lowest BCUT2D eigenvalue weighted by Crippen LogP contribution is -2.31. The van der Waals surface area contributed by atoms with Gasteiger partial charge in [0.05, 0.1) is 0 Å². The van der Waals surface area contributed by atoms with Crippen LogP contribution < -0.4 is 10.2 Å². The predicted octanol–water partition coefficient (Wildman–Crippen LogP) is 3.04. The lowest BCUT2D eigenvalue weighted by molar-refractivity contribution is 0.403. The van der Waals surface area contributed by atoms with Crippen LogP contribution in [0.25, 0.3) is 0 Å². The lowest BCUT2D eigenvalue weighted by atomic mass is 9.99. The standard InChI is InChI=1S/C15H23FN2/c1-17-15-8-3-5-12(15)9-10-18(2)14-7-4-6-13(16)11-14/h4,6-7,11-12,15,17H,3,5,8-10H2,1-2H3.